The zero-order valence-corrected chi connectivity index (χ0v) is 18.3. The van der Waals surface area contributed by atoms with E-state index in [-0.39, 0.29) is 0 Å². The summed E-state index contributed by atoms with van der Waals surface area (Å²) in [6.45, 7) is 13.1. The topological polar surface area (TPSA) is 84.8 Å². The molecule has 1 unspecified atom stereocenters. The minimum Gasteiger partial charge on any atom is -0.432 e. The van der Waals surface area contributed by atoms with Gasteiger partial charge in [-0.05, 0) is 18.9 Å². The third-order valence-electron chi connectivity index (χ3n) is 5.05. The van der Waals surface area contributed by atoms with Gasteiger partial charge in [0.05, 0.1) is 6.26 Å². The molecule has 0 fully saturated rings. The minimum absolute atomic E-state index is 0.684. The first kappa shape index (κ1) is 26.8. The van der Waals surface area contributed by atoms with E-state index in [2.05, 4.69) is 27.0 Å². The first-order valence-corrected chi connectivity index (χ1v) is 11.0. The molecule has 0 aromatic rings. The van der Waals surface area contributed by atoms with Gasteiger partial charge in [0.15, 0.2) is 0 Å². The summed E-state index contributed by atoms with van der Waals surface area (Å²) >= 11 is 0. The van der Waals surface area contributed by atoms with Gasteiger partial charge in [-0.25, -0.2) is 9.80 Å². The smallest absolute Gasteiger partial charge is 0.353 e. The zero-order chi connectivity index (χ0) is 21.3. The Morgan fingerprint density at radius 2 is 1.32 bits per heavy atom. The molecular weight excluding hydrogens is 352 g/mol. The van der Waals surface area contributed by atoms with E-state index in [4.69, 9.17) is 16.3 Å². The number of unbranched alkanes of at least 4 members (excludes halogenated alkanes) is 10. The van der Waals surface area contributed by atoms with E-state index in [1.807, 2.05) is 5.01 Å². The molecule has 6 heteroatoms. The highest BCUT2D eigenvalue weighted by atomic mass is 16.5. The Morgan fingerprint density at radius 3 is 1.71 bits per heavy atom. The van der Waals surface area contributed by atoms with Crippen molar-refractivity contribution < 1.29 is 9.53 Å². The molecule has 164 valence electrons. The molecule has 0 bridgehead atoms. The van der Waals surface area contributed by atoms with E-state index in [1.165, 1.54) is 62.6 Å². The van der Waals surface area contributed by atoms with E-state index in [9.17, 15) is 4.79 Å². The van der Waals surface area contributed by atoms with Crippen LogP contribution in [-0.4, -0.2) is 34.8 Å². The average molecular weight is 397 g/mol. The number of ether oxygens (including phenoxy) is 1. The molecule has 0 saturated heterocycles. The Balaban J connectivity index is 4.79. The second kappa shape index (κ2) is 16.7. The van der Waals surface area contributed by atoms with E-state index in [1.54, 1.807) is 0 Å². The molecule has 6 nitrogen and oxygen atoms in total. The highest BCUT2D eigenvalue weighted by Crippen LogP contribution is 2.16. The van der Waals surface area contributed by atoms with E-state index in [0.29, 0.717) is 0 Å². The van der Waals surface area contributed by atoms with Crippen molar-refractivity contribution in [2.75, 3.05) is 13.1 Å². The van der Waals surface area contributed by atoms with Gasteiger partial charge in [0.2, 0.25) is 5.66 Å². The Morgan fingerprint density at radius 1 is 0.893 bits per heavy atom. The number of hydrazine groups is 2. The lowest BCUT2D eigenvalue weighted by molar-refractivity contribution is -0.166. The third-order valence-corrected chi connectivity index (χ3v) is 5.05. The second-order valence-corrected chi connectivity index (χ2v) is 7.44. The molecule has 4 N–H and O–H groups in total. The summed E-state index contributed by atoms with van der Waals surface area (Å²) in [4.78, 5) is 12.3. The monoisotopic (exact) mass is 396 g/mol. The van der Waals surface area contributed by atoms with Gasteiger partial charge in [-0.3, -0.25) is 11.6 Å². The Kier molecular flexibility index (Phi) is 16.0. The number of nitrogens with two attached hydrogens (primary N) is 2. The van der Waals surface area contributed by atoms with Crippen LogP contribution in [0.3, 0.4) is 0 Å². The van der Waals surface area contributed by atoms with Crippen molar-refractivity contribution in [1.29, 1.82) is 0 Å². The van der Waals surface area contributed by atoms with Gasteiger partial charge in [-0.2, -0.15) is 0 Å². The molecule has 0 rings (SSSR count). The van der Waals surface area contributed by atoms with Crippen molar-refractivity contribution >= 4 is 5.97 Å². The van der Waals surface area contributed by atoms with Gasteiger partial charge in [-0.1, -0.05) is 91.2 Å². The number of hydrogen-bond acceptors (Lipinski definition) is 6. The van der Waals surface area contributed by atoms with Crippen LogP contribution in [0.4, 0.5) is 0 Å². The van der Waals surface area contributed by atoms with Crippen LogP contribution in [0.5, 0.6) is 0 Å². The molecular formula is C22H44N4O2. The van der Waals surface area contributed by atoms with Crippen molar-refractivity contribution in [3.05, 3.63) is 25.5 Å². The molecule has 0 spiro atoms. The molecule has 28 heavy (non-hydrogen) atoms. The maximum atomic E-state index is 12.3. The lowest BCUT2D eigenvalue weighted by Gasteiger charge is -2.40. The first-order valence-electron chi connectivity index (χ1n) is 11.0. The van der Waals surface area contributed by atoms with Crippen LogP contribution in [0, 0.1) is 0 Å². The minimum atomic E-state index is -1.61. The standard InChI is InChI=1S/C22H44N4O2/c1-5-9-11-13-15-17-19-25(20-18-16-14-12-10-6-2)26(24)22(23,7-3)21(27)28-8-4/h7-8H,3-6,9-20,23-24H2,1-2H3. The van der Waals surface area contributed by atoms with Crippen molar-refractivity contribution in [1.82, 2.24) is 10.1 Å². The molecule has 0 aliphatic carbocycles. The van der Waals surface area contributed by atoms with Gasteiger partial charge in [0, 0.05) is 13.1 Å². The Bertz CT molecular complexity index is 415. The van der Waals surface area contributed by atoms with Crippen LogP contribution >= 0.6 is 0 Å². The van der Waals surface area contributed by atoms with Crippen LogP contribution in [0.1, 0.15) is 90.9 Å². The van der Waals surface area contributed by atoms with Gasteiger partial charge in [-0.15, -0.1) is 5.12 Å². The van der Waals surface area contributed by atoms with Crippen molar-refractivity contribution in [2.45, 2.75) is 96.6 Å². The number of carbonyl (C=O) groups is 1. The predicted molar refractivity (Wildman–Crippen MR) is 118 cm³/mol. The van der Waals surface area contributed by atoms with E-state index in [0.717, 1.165) is 45.0 Å². The number of nitrogens with zero attached hydrogens (tertiary/aromatic N) is 2. The number of esters is 1. The molecule has 0 radical (unpaired) electrons. The predicted octanol–water partition coefficient (Wildman–Crippen LogP) is 4.63. The fourth-order valence-corrected chi connectivity index (χ4v) is 3.15. The Labute approximate surface area is 172 Å². The Hall–Kier alpha value is -1.21. The van der Waals surface area contributed by atoms with Crippen LogP contribution < -0.4 is 11.6 Å². The lowest BCUT2D eigenvalue weighted by Crippen LogP contribution is -2.69. The maximum absolute atomic E-state index is 12.3. The van der Waals surface area contributed by atoms with Crippen LogP contribution in [-0.2, 0) is 9.53 Å². The van der Waals surface area contributed by atoms with Crippen LogP contribution in [0.15, 0.2) is 25.5 Å². The summed E-state index contributed by atoms with van der Waals surface area (Å²) in [6.07, 6.45) is 16.7. The second-order valence-electron chi connectivity index (χ2n) is 7.44. The number of rotatable bonds is 19. The normalized spacial score (nSPS) is 13.5. The van der Waals surface area contributed by atoms with Gasteiger partial charge in [0.1, 0.15) is 0 Å². The first-order chi connectivity index (χ1) is 13.5. The summed E-state index contributed by atoms with van der Waals surface area (Å²) in [5, 5.41) is 3.26. The fourth-order valence-electron chi connectivity index (χ4n) is 3.15. The third kappa shape index (κ3) is 10.4. The molecule has 0 aromatic carbocycles. The summed E-state index contributed by atoms with van der Waals surface area (Å²) < 4.78 is 4.89. The maximum Gasteiger partial charge on any atom is 0.353 e. The molecule has 0 saturated carbocycles. The lowest BCUT2D eigenvalue weighted by atomic mass is 10.1. The number of carbonyl (C=O) groups excluding carboxylic acids is 1. The summed E-state index contributed by atoms with van der Waals surface area (Å²) in [6, 6.07) is 0. The molecule has 1 atom stereocenters. The quantitative estimate of drug-likeness (QED) is 0.0630. The average Bonchev–Trinajstić information content (AvgIpc) is 2.70. The SMILES string of the molecule is C=COC(=O)C(N)(C=C)N(N)N(CCCCCCCC)CCCCCCCC. The highest BCUT2D eigenvalue weighted by molar-refractivity contribution is 5.82. The van der Waals surface area contributed by atoms with E-state index >= 15 is 0 Å². The van der Waals surface area contributed by atoms with Gasteiger partial charge in [0.25, 0.3) is 0 Å². The molecule has 0 aliphatic rings. The van der Waals surface area contributed by atoms with Gasteiger partial charge >= 0.3 is 5.97 Å². The van der Waals surface area contributed by atoms with Crippen LogP contribution in [0.25, 0.3) is 0 Å². The van der Waals surface area contributed by atoms with Crippen molar-refractivity contribution in [2.24, 2.45) is 11.6 Å². The zero-order valence-electron chi connectivity index (χ0n) is 18.3. The highest BCUT2D eigenvalue weighted by Gasteiger charge is 2.40. The summed E-state index contributed by atoms with van der Waals surface area (Å²) in [5.41, 5.74) is 4.62. The summed E-state index contributed by atoms with van der Waals surface area (Å²) in [5.74, 6) is 5.61. The molecule has 0 aliphatic heterocycles. The molecule has 0 aromatic heterocycles. The summed E-state index contributed by atoms with van der Waals surface area (Å²) in [7, 11) is 0. The van der Waals surface area contributed by atoms with Gasteiger partial charge < -0.3 is 4.74 Å². The van der Waals surface area contributed by atoms with Crippen molar-refractivity contribution in [3.8, 4) is 0 Å². The number of hydrogen-bond donors (Lipinski definition) is 2. The fraction of sp³-hybridized carbons (Fsp3) is 0.773. The molecule has 0 heterocycles. The largest absolute Gasteiger partial charge is 0.432 e. The van der Waals surface area contributed by atoms with Crippen LogP contribution in [0.2, 0.25) is 0 Å². The molecule has 0 amide bonds. The van der Waals surface area contributed by atoms with E-state index < -0.39 is 11.6 Å². The van der Waals surface area contributed by atoms with Crippen molar-refractivity contribution in [3.63, 3.8) is 0 Å².